The molecule has 4 nitrogen and oxygen atoms in total. The van der Waals surface area contributed by atoms with E-state index in [1.54, 1.807) is 0 Å². The Morgan fingerprint density at radius 3 is 1.70 bits per heavy atom. The second-order valence-corrected chi connectivity index (χ2v) is 13.5. The van der Waals surface area contributed by atoms with Crippen LogP contribution in [0.25, 0.3) is 66.1 Å². The van der Waals surface area contributed by atoms with E-state index >= 15 is 0 Å². The van der Waals surface area contributed by atoms with E-state index < -0.39 is 0 Å². The number of furan rings is 1. The molecule has 0 bridgehead atoms. The van der Waals surface area contributed by atoms with Crippen molar-refractivity contribution in [1.82, 2.24) is 10.6 Å². The van der Waals surface area contributed by atoms with Gasteiger partial charge < -0.3 is 9.73 Å². The molecule has 1 aliphatic rings. The fourth-order valence-electron chi connectivity index (χ4n) is 7.98. The summed E-state index contributed by atoms with van der Waals surface area (Å²) >= 11 is 0. The van der Waals surface area contributed by atoms with E-state index in [1.165, 1.54) is 33.2 Å². The first kappa shape index (κ1) is 31.0. The zero-order valence-electron chi connectivity index (χ0n) is 28.9. The van der Waals surface area contributed by atoms with Crippen LogP contribution in [0.1, 0.15) is 29.0 Å². The SMILES string of the molecule is c1ccc(-c2ccccc2-c2cccc3oc4cccc(C5NC(c6ccc(-c7ccccc7)c7ccccc67)=NC(c6ccccc6)N5)c4c23)cc1. The lowest BCUT2D eigenvalue weighted by Gasteiger charge is -2.33. The molecule has 1 aliphatic heterocycles. The minimum Gasteiger partial charge on any atom is -0.456 e. The van der Waals surface area contributed by atoms with Crippen LogP contribution in [0.5, 0.6) is 0 Å². The second kappa shape index (κ2) is 13.1. The van der Waals surface area contributed by atoms with E-state index in [0.29, 0.717) is 0 Å². The number of nitrogens with one attached hydrogen (secondary N) is 2. The molecule has 4 heteroatoms. The van der Waals surface area contributed by atoms with Gasteiger partial charge in [-0.3, -0.25) is 5.32 Å². The van der Waals surface area contributed by atoms with Gasteiger partial charge in [-0.05, 0) is 61.8 Å². The molecule has 0 fully saturated rings. The molecular weight excluding hydrogens is 647 g/mol. The fraction of sp³-hybridized carbons (Fsp3) is 0.0408. The maximum atomic E-state index is 6.64. The molecule has 0 amide bonds. The molecule has 10 rings (SSSR count). The lowest BCUT2D eigenvalue weighted by Crippen LogP contribution is -2.45. The maximum absolute atomic E-state index is 6.64. The molecule has 2 unspecified atom stereocenters. The number of aliphatic imine (C=N–C) groups is 1. The molecule has 9 aromatic rings. The first-order valence-corrected chi connectivity index (χ1v) is 18.1. The second-order valence-electron chi connectivity index (χ2n) is 13.5. The van der Waals surface area contributed by atoms with Crippen LogP contribution < -0.4 is 10.6 Å². The van der Waals surface area contributed by atoms with Gasteiger partial charge in [-0.2, -0.15) is 0 Å². The van der Waals surface area contributed by atoms with Crippen LogP contribution in [0.15, 0.2) is 197 Å². The summed E-state index contributed by atoms with van der Waals surface area (Å²) in [6.07, 6.45) is -0.557. The molecule has 1 aromatic heterocycles. The van der Waals surface area contributed by atoms with E-state index in [0.717, 1.165) is 55.4 Å². The van der Waals surface area contributed by atoms with Crippen molar-refractivity contribution in [2.45, 2.75) is 12.3 Å². The zero-order chi connectivity index (χ0) is 35.1. The van der Waals surface area contributed by atoms with Crippen LogP contribution in [0, 0.1) is 0 Å². The first-order valence-electron chi connectivity index (χ1n) is 18.1. The summed E-state index contributed by atoms with van der Waals surface area (Å²) in [5, 5.41) is 12.3. The first-order chi connectivity index (χ1) is 26.3. The number of hydrogen-bond acceptors (Lipinski definition) is 4. The van der Waals surface area contributed by atoms with E-state index in [2.05, 4.69) is 199 Å². The number of nitrogens with zero attached hydrogens (tertiary/aromatic N) is 1. The summed E-state index contributed by atoms with van der Waals surface area (Å²) in [5.74, 6) is 0.845. The Morgan fingerprint density at radius 2 is 0.962 bits per heavy atom. The Labute approximate surface area is 308 Å². The quantitative estimate of drug-likeness (QED) is 0.184. The molecule has 2 heterocycles. The Hall–Kier alpha value is -6.75. The molecule has 2 atom stereocenters. The van der Waals surface area contributed by atoms with Gasteiger partial charge in [0.05, 0.1) is 0 Å². The van der Waals surface area contributed by atoms with Gasteiger partial charge in [0.15, 0.2) is 0 Å². The van der Waals surface area contributed by atoms with Gasteiger partial charge in [0.2, 0.25) is 0 Å². The Bertz CT molecular complexity index is 2790. The normalized spacial score (nSPS) is 15.7. The van der Waals surface area contributed by atoms with Crippen LogP contribution >= 0.6 is 0 Å². The van der Waals surface area contributed by atoms with Crippen LogP contribution in [-0.4, -0.2) is 5.84 Å². The highest BCUT2D eigenvalue weighted by Gasteiger charge is 2.29. The number of hydrogen-bond donors (Lipinski definition) is 2. The highest BCUT2D eigenvalue weighted by Crippen LogP contribution is 2.43. The summed E-state index contributed by atoms with van der Waals surface area (Å²) in [6, 6.07) is 66.2. The molecule has 0 spiro atoms. The minimum absolute atomic E-state index is 0.276. The van der Waals surface area contributed by atoms with Gasteiger partial charge in [-0.1, -0.05) is 176 Å². The number of amidine groups is 1. The highest BCUT2D eigenvalue weighted by molar-refractivity contribution is 6.16. The van der Waals surface area contributed by atoms with Gasteiger partial charge in [0.25, 0.3) is 0 Å². The zero-order valence-corrected chi connectivity index (χ0v) is 28.9. The highest BCUT2D eigenvalue weighted by atomic mass is 16.3. The van der Waals surface area contributed by atoms with Crippen LogP contribution in [0.4, 0.5) is 0 Å². The largest absolute Gasteiger partial charge is 0.456 e. The standard InChI is InChI=1S/C49H35N3O/c1-4-16-32(17-5-1)35-22-10-11-24-38(35)40-26-14-28-43-45(40)46-42(27-15-29-44(46)53-43)49-51-47(34-20-8-3-9-21-34)50-48(52-49)41-31-30-36(33-18-6-2-7-19-33)37-23-12-13-25-39(37)41/h1-31,47,49,51H,(H,50,52). The summed E-state index contributed by atoms with van der Waals surface area (Å²) in [6.45, 7) is 0. The number of rotatable bonds is 6. The third-order valence-corrected chi connectivity index (χ3v) is 10.4. The minimum atomic E-state index is -0.281. The van der Waals surface area contributed by atoms with Crippen molar-refractivity contribution >= 4 is 38.5 Å². The molecular formula is C49H35N3O. The van der Waals surface area contributed by atoms with Crippen molar-refractivity contribution in [3.8, 4) is 33.4 Å². The van der Waals surface area contributed by atoms with Gasteiger partial charge in [0, 0.05) is 21.9 Å². The van der Waals surface area contributed by atoms with Crippen LogP contribution in [-0.2, 0) is 0 Å². The molecule has 2 N–H and O–H groups in total. The predicted octanol–water partition coefficient (Wildman–Crippen LogP) is 12.1. The summed E-state index contributed by atoms with van der Waals surface area (Å²) < 4.78 is 6.64. The molecule has 0 saturated carbocycles. The van der Waals surface area contributed by atoms with Gasteiger partial charge in [0.1, 0.15) is 29.3 Å². The van der Waals surface area contributed by atoms with E-state index in [1.807, 2.05) is 0 Å². The molecule has 0 saturated heterocycles. The van der Waals surface area contributed by atoms with Crippen molar-refractivity contribution in [3.63, 3.8) is 0 Å². The summed E-state index contributed by atoms with van der Waals surface area (Å²) in [4.78, 5) is 5.36. The van der Waals surface area contributed by atoms with E-state index in [4.69, 9.17) is 9.41 Å². The number of benzene rings is 8. The molecule has 252 valence electrons. The van der Waals surface area contributed by atoms with E-state index in [9.17, 15) is 0 Å². The Kier molecular flexibility index (Phi) is 7.67. The van der Waals surface area contributed by atoms with Crippen LogP contribution in [0.2, 0.25) is 0 Å². The number of fused-ring (bicyclic) bond motifs is 4. The maximum Gasteiger partial charge on any atom is 0.136 e. The van der Waals surface area contributed by atoms with E-state index in [-0.39, 0.29) is 12.3 Å². The molecule has 0 aliphatic carbocycles. The average molecular weight is 682 g/mol. The lowest BCUT2D eigenvalue weighted by molar-refractivity contribution is 0.411. The smallest absolute Gasteiger partial charge is 0.136 e. The Morgan fingerprint density at radius 1 is 0.415 bits per heavy atom. The van der Waals surface area contributed by atoms with Gasteiger partial charge in [-0.25, -0.2) is 4.99 Å². The van der Waals surface area contributed by atoms with Crippen LogP contribution in [0.3, 0.4) is 0 Å². The van der Waals surface area contributed by atoms with Crippen molar-refractivity contribution in [3.05, 3.63) is 205 Å². The monoisotopic (exact) mass is 681 g/mol. The molecule has 8 aromatic carbocycles. The third kappa shape index (κ3) is 5.48. The van der Waals surface area contributed by atoms with Crippen molar-refractivity contribution < 1.29 is 4.42 Å². The summed E-state index contributed by atoms with van der Waals surface area (Å²) in [7, 11) is 0. The van der Waals surface area contributed by atoms with Crippen molar-refractivity contribution in [2.75, 3.05) is 0 Å². The fourth-order valence-corrected chi connectivity index (χ4v) is 7.98. The topological polar surface area (TPSA) is 49.6 Å². The Balaban J connectivity index is 1.16. The summed E-state index contributed by atoms with van der Waals surface area (Å²) in [5.41, 5.74) is 12.0. The van der Waals surface area contributed by atoms with Crippen molar-refractivity contribution in [2.24, 2.45) is 4.99 Å². The van der Waals surface area contributed by atoms with Gasteiger partial charge in [-0.15, -0.1) is 0 Å². The molecule has 53 heavy (non-hydrogen) atoms. The van der Waals surface area contributed by atoms with Gasteiger partial charge >= 0.3 is 0 Å². The predicted molar refractivity (Wildman–Crippen MR) is 219 cm³/mol. The lowest BCUT2D eigenvalue weighted by atomic mass is 9.91. The molecule has 0 radical (unpaired) electrons. The van der Waals surface area contributed by atoms with Crippen molar-refractivity contribution in [1.29, 1.82) is 0 Å². The third-order valence-electron chi connectivity index (χ3n) is 10.4. The average Bonchev–Trinajstić information content (AvgIpc) is 3.63.